The summed E-state index contributed by atoms with van der Waals surface area (Å²) < 4.78 is 14.9. The van der Waals surface area contributed by atoms with Crippen LogP contribution in [0.4, 0.5) is 16.2 Å². The molecule has 1 fully saturated rings. The summed E-state index contributed by atoms with van der Waals surface area (Å²) in [5.74, 6) is 1.29. The minimum atomic E-state index is -1.03. The molecule has 0 saturated carbocycles. The van der Waals surface area contributed by atoms with Gasteiger partial charge in [-0.05, 0) is 19.9 Å². The monoisotopic (exact) mass is 458 g/mol. The maximum Gasteiger partial charge on any atom is 0.423 e. The fraction of sp³-hybridized carbons (Fsp3) is 0.435. The number of quaternary nitrogens is 1. The van der Waals surface area contributed by atoms with Crippen LogP contribution in [0.3, 0.4) is 0 Å². The van der Waals surface area contributed by atoms with E-state index in [4.69, 9.17) is 14.2 Å². The number of methoxy groups -OCH3 is 3. The zero-order valence-corrected chi connectivity index (χ0v) is 19.9. The highest BCUT2D eigenvalue weighted by Gasteiger charge is 2.37. The van der Waals surface area contributed by atoms with Gasteiger partial charge in [0.15, 0.2) is 5.78 Å². The van der Waals surface area contributed by atoms with Crippen molar-refractivity contribution in [3.8, 4) is 17.4 Å². The summed E-state index contributed by atoms with van der Waals surface area (Å²) >= 11 is 0. The summed E-state index contributed by atoms with van der Waals surface area (Å²) in [5, 5.41) is 13.5. The van der Waals surface area contributed by atoms with Crippen LogP contribution in [0.1, 0.15) is 23.0 Å². The van der Waals surface area contributed by atoms with Crippen molar-refractivity contribution in [3.63, 3.8) is 0 Å². The SMILES string of the molecule is COc1cc(OC)cc(N2CC[N+]([O-])(C(=O)N(C)c3cc(C(C)=O)c(C)nc3OC)CC2)c1. The van der Waals surface area contributed by atoms with Crippen LogP contribution in [0.2, 0.25) is 0 Å². The van der Waals surface area contributed by atoms with Gasteiger partial charge in [0.1, 0.15) is 30.3 Å². The Balaban J connectivity index is 1.81. The van der Waals surface area contributed by atoms with Crippen LogP contribution < -0.4 is 24.0 Å². The molecule has 0 atom stereocenters. The standard InChI is InChI=1S/C23H30N4O6/c1-15-20(16(2)28)14-21(22(24-15)33-6)25(3)23(29)27(30)9-7-26(8-10-27)17-11-18(31-4)13-19(12-17)32-5/h11-14H,7-10H2,1-6H3. The molecule has 10 nitrogen and oxygen atoms in total. The van der Waals surface area contributed by atoms with Crippen LogP contribution in [0.5, 0.6) is 17.4 Å². The van der Waals surface area contributed by atoms with Crippen molar-refractivity contribution >= 4 is 23.2 Å². The number of carbonyl (C=O) groups excluding carboxylic acids is 2. The van der Waals surface area contributed by atoms with Gasteiger partial charge in [-0.1, -0.05) is 0 Å². The molecule has 2 heterocycles. The first-order valence-corrected chi connectivity index (χ1v) is 10.5. The maximum absolute atomic E-state index is 13.5. The quantitative estimate of drug-likeness (QED) is 0.370. The average molecular weight is 459 g/mol. The van der Waals surface area contributed by atoms with Gasteiger partial charge < -0.3 is 24.3 Å². The molecular weight excluding hydrogens is 428 g/mol. The Morgan fingerprint density at radius 2 is 1.61 bits per heavy atom. The van der Waals surface area contributed by atoms with E-state index in [0.717, 1.165) is 5.69 Å². The number of hydrogen-bond donors (Lipinski definition) is 0. The van der Waals surface area contributed by atoms with Gasteiger partial charge in [0.25, 0.3) is 0 Å². The highest BCUT2D eigenvalue weighted by atomic mass is 16.6. The Labute approximate surface area is 193 Å². The number of anilines is 2. The van der Waals surface area contributed by atoms with E-state index >= 15 is 0 Å². The zero-order chi connectivity index (χ0) is 24.3. The lowest BCUT2D eigenvalue weighted by Crippen LogP contribution is -2.62. The Hall–Kier alpha value is -3.37. The number of ketones is 1. The molecule has 1 aromatic carbocycles. The van der Waals surface area contributed by atoms with Crippen LogP contribution >= 0.6 is 0 Å². The van der Waals surface area contributed by atoms with Crippen molar-refractivity contribution in [3.05, 3.63) is 40.7 Å². The molecule has 10 heteroatoms. The van der Waals surface area contributed by atoms with Gasteiger partial charge in [0, 0.05) is 36.5 Å². The number of pyridine rings is 1. The van der Waals surface area contributed by atoms with Crippen molar-refractivity contribution in [2.45, 2.75) is 13.8 Å². The van der Waals surface area contributed by atoms with Gasteiger partial charge in [0.2, 0.25) is 5.88 Å². The molecule has 0 radical (unpaired) electrons. The minimum Gasteiger partial charge on any atom is -0.624 e. The van der Waals surface area contributed by atoms with Crippen LogP contribution in [0, 0.1) is 12.1 Å². The van der Waals surface area contributed by atoms with E-state index in [1.165, 1.54) is 26.0 Å². The predicted octanol–water partition coefficient (Wildman–Crippen LogP) is 3.01. The Bertz CT molecular complexity index is 1030. The van der Waals surface area contributed by atoms with Gasteiger partial charge in [0.05, 0.1) is 40.1 Å². The molecule has 3 rings (SSSR count). The topological polar surface area (TPSA) is 104 Å². The molecule has 178 valence electrons. The molecule has 1 aliphatic rings. The third-order valence-corrected chi connectivity index (χ3v) is 5.89. The van der Waals surface area contributed by atoms with E-state index < -0.39 is 10.7 Å². The molecule has 0 aliphatic carbocycles. The number of amides is 2. The third-order valence-electron chi connectivity index (χ3n) is 5.89. The highest BCUT2D eigenvalue weighted by molar-refractivity contribution is 5.98. The number of piperazine rings is 1. The second-order valence-electron chi connectivity index (χ2n) is 7.94. The van der Waals surface area contributed by atoms with E-state index in [9.17, 15) is 14.8 Å². The Morgan fingerprint density at radius 3 is 2.09 bits per heavy atom. The molecule has 2 aromatic rings. The number of Topliss-reactive ketones (excluding diaryl/α,β-unsaturated/α-hetero) is 1. The molecule has 1 saturated heterocycles. The number of hydrogen-bond acceptors (Lipinski definition) is 8. The van der Waals surface area contributed by atoms with Crippen LogP contribution in [-0.4, -0.2) is 76.0 Å². The molecule has 0 N–H and O–H groups in total. The van der Waals surface area contributed by atoms with Crippen LogP contribution in [0.25, 0.3) is 0 Å². The molecule has 1 aromatic heterocycles. The first kappa shape index (κ1) is 24.3. The van der Waals surface area contributed by atoms with E-state index in [-0.39, 0.29) is 30.4 Å². The van der Waals surface area contributed by atoms with E-state index in [2.05, 4.69) is 4.98 Å². The molecule has 33 heavy (non-hydrogen) atoms. The Morgan fingerprint density at radius 1 is 1.03 bits per heavy atom. The molecule has 0 bridgehead atoms. The lowest BCUT2D eigenvalue weighted by molar-refractivity contribution is -0.798. The van der Waals surface area contributed by atoms with Crippen molar-refractivity contribution < 1.29 is 28.4 Å². The lowest BCUT2D eigenvalue weighted by atomic mass is 10.1. The first-order chi connectivity index (χ1) is 15.6. The van der Waals surface area contributed by atoms with Crippen molar-refractivity contribution in [1.29, 1.82) is 0 Å². The van der Waals surface area contributed by atoms with Gasteiger partial charge >= 0.3 is 6.03 Å². The van der Waals surface area contributed by atoms with Gasteiger partial charge in [-0.15, -0.1) is 0 Å². The lowest BCUT2D eigenvalue weighted by Gasteiger charge is -2.47. The average Bonchev–Trinajstić information content (AvgIpc) is 2.82. The second kappa shape index (κ2) is 9.63. The maximum atomic E-state index is 13.5. The summed E-state index contributed by atoms with van der Waals surface area (Å²) in [6.07, 6.45) is 0. The highest BCUT2D eigenvalue weighted by Crippen LogP contribution is 2.32. The largest absolute Gasteiger partial charge is 0.624 e. The van der Waals surface area contributed by atoms with Crippen LogP contribution in [-0.2, 0) is 0 Å². The summed E-state index contributed by atoms with van der Waals surface area (Å²) in [6.45, 7) is 3.99. The summed E-state index contributed by atoms with van der Waals surface area (Å²) in [7, 11) is 6.08. The first-order valence-electron chi connectivity index (χ1n) is 10.5. The van der Waals surface area contributed by atoms with E-state index in [1.54, 1.807) is 33.3 Å². The van der Waals surface area contributed by atoms with Crippen molar-refractivity contribution in [2.75, 3.05) is 64.4 Å². The molecular formula is C23H30N4O6. The predicted molar refractivity (Wildman–Crippen MR) is 124 cm³/mol. The molecule has 2 amide bonds. The molecule has 0 spiro atoms. The van der Waals surface area contributed by atoms with E-state index in [0.29, 0.717) is 35.8 Å². The number of rotatable bonds is 6. The van der Waals surface area contributed by atoms with Gasteiger partial charge in [-0.25, -0.2) is 9.78 Å². The number of aryl methyl sites for hydroxylation is 1. The number of benzene rings is 1. The Kier molecular flexibility index (Phi) is 7.09. The molecule has 0 unspecified atom stereocenters. The van der Waals surface area contributed by atoms with Gasteiger partial charge in [-0.3, -0.25) is 14.3 Å². The molecule has 1 aliphatic heterocycles. The van der Waals surface area contributed by atoms with Gasteiger partial charge in [-0.2, -0.15) is 0 Å². The minimum absolute atomic E-state index is 0.0594. The number of urea groups is 1. The fourth-order valence-corrected chi connectivity index (χ4v) is 3.91. The number of ether oxygens (including phenoxy) is 3. The van der Waals surface area contributed by atoms with Crippen LogP contribution in [0.15, 0.2) is 24.3 Å². The number of carbonyl (C=O) groups is 2. The number of hydroxylamine groups is 3. The fourth-order valence-electron chi connectivity index (χ4n) is 3.91. The second-order valence-corrected chi connectivity index (χ2v) is 7.94. The van der Waals surface area contributed by atoms with E-state index in [1.807, 2.05) is 17.0 Å². The normalized spacial score (nSPS) is 15.1. The third kappa shape index (κ3) is 4.86. The summed E-state index contributed by atoms with van der Waals surface area (Å²) in [4.78, 5) is 32.8. The summed E-state index contributed by atoms with van der Waals surface area (Å²) in [5.41, 5.74) is 2.01. The number of aromatic nitrogens is 1. The number of nitrogens with zero attached hydrogens (tertiary/aromatic N) is 4. The van der Waals surface area contributed by atoms with Crippen molar-refractivity contribution in [2.24, 2.45) is 0 Å². The summed E-state index contributed by atoms with van der Waals surface area (Å²) in [6, 6.07) is 6.42. The van der Waals surface area contributed by atoms with Crippen molar-refractivity contribution in [1.82, 2.24) is 4.98 Å². The zero-order valence-electron chi connectivity index (χ0n) is 19.9. The smallest absolute Gasteiger partial charge is 0.423 e.